The predicted octanol–water partition coefficient (Wildman–Crippen LogP) is 1.69. The highest BCUT2D eigenvalue weighted by molar-refractivity contribution is 9.08. The number of carbonyl (C=O) groups excluding carboxylic acids is 1. The van der Waals surface area contributed by atoms with E-state index in [9.17, 15) is 4.79 Å². The largest absolute Gasteiger partial charge is 0.481 e. The number of fused-ring (bicyclic) bond motifs is 1. The summed E-state index contributed by atoms with van der Waals surface area (Å²) in [6.45, 7) is 2.00. The quantitative estimate of drug-likeness (QED) is 0.835. The second-order valence-electron chi connectivity index (χ2n) is 3.54. The maximum Gasteiger partial charge on any atom is 0.226 e. The van der Waals surface area contributed by atoms with Crippen molar-refractivity contribution in [2.45, 2.75) is 24.7 Å². The van der Waals surface area contributed by atoms with Gasteiger partial charge >= 0.3 is 0 Å². The average Bonchev–Trinajstić information content (AvgIpc) is 2.55. The molecule has 1 atom stereocenters. The number of nitrogens with one attached hydrogen (secondary N) is 1. The van der Waals surface area contributed by atoms with E-state index in [0.717, 1.165) is 11.4 Å². The monoisotopic (exact) mass is 273 g/mol. The van der Waals surface area contributed by atoms with E-state index in [1.165, 1.54) is 0 Å². The summed E-state index contributed by atoms with van der Waals surface area (Å²) in [4.78, 5) is 11.3. The molecule has 0 aromatic carbocycles. The first kappa shape index (κ1) is 10.5. The molecule has 1 aliphatic heterocycles. The van der Waals surface area contributed by atoms with Crippen molar-refractivity contribution in [3.8, 4) is 5.88 Å². The zero-order chi connectivity index (χ0) is 11.0. The van der Waals surface area contributed by atoms with Crippen LogP contribution in [0.25, 0.3) is 0 Å². The zero-order valence-electron chi connectivity index (χ0n) is 8.58. The van der Waals surface area contributed by atoms with Crippen LogP contribution in [0.1, 0.15) is 24.8 Å². The van der Waals surface area contributed by atoms with E-state index < -0.39 is 0 Å². The highest BCUT2D eigenvalue weighted by Gasteiger charge is 2.29. The molecule has 0 fully saturated rings. The summed E-state index contributed by atoms with van der Waals surface area (Å²) in [6, 6.07) is 0. The average molecular weight is 274 g/mol. The molecule has 15 heavy (non-hydrogen) atoms. The summed E-state index contributed by atoms with van der Waals surface area (Å²) in [5, 5.41) is 7.00. The van der Waals surface area contributed by atoms with E-state index in [1.54, 1.807) is 11.8 Å². The Labute approximate surface area is 95.9 Å². The minimum atomic E-state index is 0.0110. The van der Waals surface area contributed by atoms with Crippen molar-refractivity contribution in [3.63, 3.8) is 0 Å². The summed E-state index contributed by atoms with van der Waals surface area (Å²) in [5.74, 6) is 1.50. The maximum atomic E-state index is 11.3. The van der Waals surface area contributed by atoms with E-state index in [0.29, 0.717) is 17.7 Å². The fourth-order valence-corrected chi connectivity index (χ4v) is 2.20. The standard InChI is InChI=1S/C9H12BrN3O2/c1-5-3-6(14)11-8-7(5)9(15-2)13(4-10)12-8/h5H,3-4H2,1-2H3,(H,11,12,14). The van der Waals surface area contributed by atoms with Gasteiger partial charge in [0, 0.05) is 6.42 Å². The van der Waals surface area contributed by atoms with Gasteiger partial charge in [0.15, 0.2) is 5.82 Å². The second-order valence-corrected chi connectivity index (χ2v) is 4.05. The number of rotatable bonds is 2. The van der Waals surface area contributed by atoms with Crippen molar-refractivity contribution in [2.24, 2.45) is 0 Å². The van der Waals surface area contributed by atoms with Crippen LogP contribution < -0.4 is 10.1 Å². The number of carbonyl (C=O) groups is 1. The Kier molecular flexibility index (Phi) is 2.68. The van der Waals surface area contributed by atoms with Gasteiger partial charge in [0.1, 0.15) is 0 Å². The molecule has 1 N–H and O–H groups in total. The molecule has 0 radical (unpaired) electrons. The summed E-state index contributed by atoms with van der Waals surface area (Å²) in [7, 11) is 1.61. The fourth-order valence-electron chi connectivity index (χ4n) is 1.86. The Morgan fingerprint density at radius 2 is 2.47 bits per heavy atom. The third-order valence-electron chi connectivity index (χ3n) is 2.49. The van der Waals surface area contributed by atoms with Gasteiger partial charge in [0.05, 0.1) is 18.1 Å². The van der Waals surface area contributed by atoms with Gasteiger partial charge in [0.2, 0.25) is 11.8 Å². The lowest BCUT2D eigenvalue weighted by atomic mass is 9.96. The number of nitrogens with zero attached hydrogens (tertiary/aromatic N) is 2. The van der Waals surface area contributed by atoms with Gasteiger partial charge in [-0.2, -0.15) is 5.10 Å². The van der Waals surface area contributed by atoms with Gasteiger partial charge in [-0.25, -0.2) is 4.68 Å². The van der Waals surface area contributed by atoms with Crippen LogP contribution in [0.2, 0.25) is 0 Å². The Bertz CT molecular complexity index is 402. The van der Waals surface area contributed by atoms with E-state index >= 15 is 0 Å². The zero-order valence-corrected chi connectivity index (χ0v) is 10.2. The second kappa shape index (κ2) is 3.84. The van der Waals surface area contributed by atoms with Crippen LogP contribution in [0.5, 0.6) is 5.88 Å². The first-order chi connectivity index (χ1) is 7.17. The number of hydrogen-bond donors (Lipinski definition) is 1. The van der Waals surface area contributed by atoms with Gasteiger partial charge in [-0.05, 0) is 5.92 Å². The molecular weight excluding hydrogens is 262 g/mol. The topological polar surface area (TPSA) is 56.1 Å². The Morgan fingerprint density at radius 3 is 3.07 bits per heavy atom. The Hall–Kier alpha value is -1.04. The number of halogens is 1. The number of anilines is 1. The van der Waals surface area contributed by atoms with E-state index in [1.807, 2.05) is 6.92 Å². The molecule has 2 heterocycles. The molecule has 1 unspecified atom stereocenters. The number of ether oxygens (including phenoxy) is 1. The van der Waals surface area contributed by atoms with Crippen LogP contribution in [-0.2, 0) is 10.2 Å². The van der Waals surface area contributed by atoms with Crippen molar-refractivity contribution in [1.29, 1.82) is 0 Å². The van der Waals surface area contributed by atoms with Crippen LogP contribution in [-0.4, -0.2) is 22.8 Å². The predicted molar refractivity (Wildman–Crippen MR) is 59.4 cm³/mol. The maximum absolute atomic E-state index is 11.3. The molecule has 5 nitrogen and oxygen atoms in total. The Balaban J connectivity index is 2.52. The SMILES string of the molecule is COc1c2c(nn1CBr)NC(=O)CC2C. The van der Waals surface area contributed by atoms with Gasteiger partial charge in [-0.1, -0.05) is 22.9 Å². The lowest BCUT2D eigenvalue weighted by molar-refractivity contribution is -0.116. The Morgan fingerprint density at radius 1 is 1.73 bits per heavy atom. The van der Waals surface area contributed by atoms with Crippen molar-refractivity contribution in [3.05, 3.63) is 5.56 Å². The minimum Gasteiger partial charge on any atom is -0.481 e. The van der Waals surface area contributed by atoms with Gasteiger partial charge in [0.25, 0.3) is 0 Å². The number of methoxy groups -OCH3 is 1. The molecule has 1 aliphatic rings. The van der Waals surface area contributed by atoms with E-state index in [-0.39, 0.29) is 11.8 Å². The van der Waals surface area contributed by atoms with Gasteiger partial charge in [-0.3, -0.25) is 4.79 Å². The summed E-state index contributed by atoms with van der Waals surface area (Å²) in [6.07, 6.45) is 0.483. The number of hydrogen-bond acceptors (Lipinski definition) is 3. The first-order valence-corrected chi connectivity index (χ1v) is 5.80. The molecule has 0 saturated carbocycles. The van der Waals surface area contributed by atoms with Gasteiger partial charge < -0.3 is 10.1 Å². The molecular formula is C9H12BrN3O2. The number of alkyl halides is 1. The molecule has 0 spiro atoms. The van der Waals surface area contributed by atoms with Crippen LogP contribution in [0.4, 0.5) is 5.82 Å². The van der Waals surface area contributed by atoms with Crippen molar-refractivity contribution in [1.82, 2.24) is 9.78 Å². The molecule has 0 bridgehead atoms. The van der Waals surface area contributed by atoms with Gasteiger partial charge in [-0.15, -0.1) is 0 Å². The van der Waals surface area contributed by atoms with Crippen molar-refractivity contribution < 1.29 is 9.53 Å². The molecule has 1 aromatic rings. The first-order valence-electron chi connectivity index (χ1n) is 4.68. The normalized spacial score (nSPS) is 19.7. The van der Waals surface area contributed by atoms with Crippen LogP contribution in [0, 0.1) is 0 Å². The highest BCUT2D eigenvalue weighted by atomic mass is 79.9. The molecule has 82 valence electrons. The van der Waals surface area contributed by atoms with Crippen molar-refractivity contribution >= 4 is 27.7 Å². The summed E-state index contributed by atoms with van der Waals surface area (Å²) >= 11 is 3.32. The third-order valence-corrected chi connectivity index (χ3v) is 2.96. The summed E-state index contributed by atoms with van der Waals surface area (Å²) in [5.41, 5.74) is 1.53. The van der Waals surface area contributed by atoms with Crippen LogP contribution in [0.15, 0.2) is 0 Å². The van der Waals surface area contributed by atoms with Crippen LogP contribution in [0.3, 0.4) is 0 Å². The molecule has 6 heteroatoms. The third kappa shape index (κ3) is 1.62. The van der Waals surface area contributed by atoms with Crippen LogP contribution >= 0.6 is 15.9 Å². The molecule has 0 saturated heterocycles. The fraction of sp³-hybridized carbons (Fsp3) is 0.556. The molecule has 1 amide bonds. The lowest BCUT2D eigenvalue weighted by Gasteiger charge is -2.18. The van der Waals surface area contributed by atoms with Crippen molar-refractivity contribution in [2.75, 3.05) is 12.4 Å². The lowest BCUT2D eigenvalue weighted by Crippen LogP contribution is -2.21. The number of aromatic nitrogens is 2. The number of amides is 1. The van der Waals surface area contributed by atoms with E-state index in [4.69, 9.17) is 4.74 Å². The van der Waals surface area contributed by atoms with E-state index in [2.05, 4.69) is 26.3 Å². The molecule has 1 aromatic heterocycles. The smallest absolute Gasteiger partial charge is 0.226 e. The minimum absolute atomic E-state index is 0.0110. The molecule has 2 rings (SSSR count). The highest BCUT2D eigenvalue weighted by Crippen LogP contribution is 2.38. The molecule has 0 aliphatic carbocycles. The summed E-state index contributed by atoms with van der Waals surface area (Å²) < 4.78 is 6.99.